The Hall–Kier alpha value is -4.06. The van der Waals surface area contributed by atoms with Crippen molar-refractivity contribution in [2.24, 2.45) is 0 Å². The molecule has 3 aromatic rings. The highest BCUT2D eigenvalue weighted by molar-refractivity contribution is 5.98. The molecule has 1 amide bonds. The molecular formula is C30H31N3O3. The van der Waals surface area contributed by atoms with Gasteiger partial charge in [-0.25, -0.2) is 9.97 Å². The minimum Gasteiger partial charge on any atom is -0.481 e. The molecule has 2 aromatic carbocycles. The molecule has 2 N–H and O–H groups in total. The molecule has 0 unspecified atom stereocenters. The van der Waals surface area contributed by atoms with E-state index in [9.17, 15) is 9.59 Å². The number of nitrogens with one attached hydrogen (secondary N) is 1. The number of carboxylic acid groups (broad SMARTS) is 1. The van der Waals surface area contributed by atoms with Gasteiger partial charge in [0, 0.05) is 17.6 Å². The third-order valence-electron chi connectivity index (χ3n) is 6.23. The highest BCUT2D eigenvalue weighted by atomic mass is 16.4. The van der Waals surface area contributed by atoms with Gasteiger partial charge in [-0.1, -0.05) is 60.7 Å². The summed E-state index contributed by atoms with van der Waals surface area (Å²) in [7, 11) is 0. The van der Waals surface area contributed by atoms with E-state index < -0.39 is 11.5 Å². The lowest BCUT2D eigenvalue weighted by Gasteiger charge is -2.27. The summed E-state index contributed by atoms with van der Waals surface area (Å²) in [5.74, 6) is -0.979. The zero-order chi connectivity index (χ0) is 25.5. The van der Waals surface area contributed by atoms with Crippen molar-refractivity contribution in [3.63, 3.8) is 0 Å². The molecule has 4 rings (SSSR count). The fourth-order valence-electron chi connectivity index (χ4n) is 4.23. The summed E-state index contributed by atoms with van der Waals surface area (Å²) in [6.07, 6.45) is 13.1. The van der Waals surface area contributed by atoms with E-state index in [1.54, 1.807) is 12.1 Å². The van der Waals surface area contributed by atoms with Crippen LogP contribution >= 0.6 is 0 Å². The number of allylic oxidation sites excluding steroid dienone is 6. The van der Waals surface area contributed by atoms with Crippen LogP contribution in [0.25, 0.3) is 16.6 Å². The van der Waals surface area contributed by atoms with E-state index in [1.165, 1.54) is 0 Å². The number of nitrogens with zero attached hydrogens (tertiary/aromatic N) is 2. The Balaban J connectivity index is 1.65. The number of carbonyl (C=O) groups is 2. The van der Waals surface area contributed by atoms with Crippen LogP contribution in [0.3, 0.4) is 0 Å². The first-order valence-electron chi connectivity index (χ1n) is 12.3. The van der Waals surface area contributed by atoms with Crippen LogP contribution in [0.2, 0.25) is 0 Å². The van der Waals surface area contributed by atoms with Crippen LogP contribution in [-0.2, 0) is 16.8 Å². The molecule has 0 bridgehead atoms. The molecule has 0 saturated carbocycles. The van der Waals surface area contributed by atoms with Crippen LogP contribution in [0.15, 0.2) is 78.9 Å². The maximum atomic E-state index is 13.1. The van der Waals surface area contributed by atoms with E-state index in [-0.39, 0.29) is 12.3 Å². The van der Waals surface area contributed by atoms with E-state index in [0.29, 0.717) is 35.9 Å². The maximum absolute atomic E-state index is 13.1. The van der Waals surface area contributed by atoms with Crippen LogP contribution in [0.1, 0.15) is 66.8 Å². The molecule has 0 spiro atoms. The fraction of sp³-hybridized carbons (Fsp3) is 0.267. The predicted octanol–water partition coefficient (Wildman–Crippen LogP) is 5.99. The topological polar surface area (TPSA) is 92.2 Å². The van der Waals surface area contributed by atoms with Gasteiger partial charge in [0.1, 0.15) is 0 Å². The Morgan fingerprint density at radius 3 is 2.58 bits per heavy atom. The number of amides is 1. The van der Waals surface area contributed by atoms with Crippen molar-refractivity contribution < 1.29 is 14.7 Å². The molecule has 0 aliphatic heterocycles. The molecule has 36 heavy (non-hydrogen) atoms. The van der Waals surface area contributed by atoms with E-state index in [4.69, 9.17) is 15.1 Å². The van der Waals surface area contributed by atoms with E-state index in [2.05, 4.69) is 17.5 Å². The normalized spacial score (nSPS) is 13.3. The van der Waals surface area contributed by atoms with Crippen molar-refractivity contribution in [2.75, 3.05) is 0 Å². The third-order valence-corrected chi connectivity index (χ3v) is 6.23. The van der Waals surface area contributed by atoms with E-state index in [1.807, 2.05) is 68.5 Å². The molecule has 0 atom stereocenters. The molecule has 6 heteroatoms. The van der Waals surface area contributed by atoms with Gasteiger partial charge in [0.05, 0.1) is 28.0 Å². The molecule has 184 valence electrons. The zero-order valence-electron chi connectivity index (χ0n) is 20.7. The fourth-order valence-corrected chi connectivity index (χ4v) is 4.23. The number of rotatable bonds is 9. The SMILES string of the molecule is CC(C)(NC(=O)c1ccc2nc(C3=CC=CCC=C3)c(CCCCC(=O)O)nc2c1)c1ccccc1. The molecule has 0 radical (unpaired) electrons. The summed E-state index contributed by atoms with van der Waals surface area (Å²) in [4.78, 5) is 33.9. The van der Waals surface area contributed by atoms with Crippen molar-refractivity contribution >= 4 is 28.5 Å². The van der Waals surface area contributed by atoms with Gasteiger partial charge in [0.25, 0.3) is 5.91 Å². The van der Waals surface area contributed by atoms with Gasteiger partial charge in [0.2, 0.25) is 0 Å². The number of hydrogen-bond donors (Lipinski definition) is 2. The first-order chi connectivity index (χ1) is 17.3. The van der Waals surface area contributed by atoms with Crippen LogP contribution in [0.5, 0.6) is 0 Å². The van der Waals surface area contributed by atoms with Gasteiger partial charge in [0.15, 0.2) is 0 Å². The van der Waals surface area contributed by atoms with Crippen molar-refractivity contribution in [1.82, 2.24) is 15.3 Å². The number of carboxylic acids is 1. The third kappa shape index (κ3) is 6.13. The molecule has 6 nitrogen and oxygen atoms in total. The quantitative estimate of drug-likeness (QED) is 0.366. The Morgan fingerprint density at radius 2 is 1.81 bits per heavy atom. The summed E-state index contributed by atoms with van der Waals surface area (Å²) in [5.41, 5.74) is 4.92. The largest absolute Gasteiger partial charge is 0.481 e. The zero-order valence-corrected chi connectivity index (χ0v) is 20.7. The van der Waals surface area contributed by atoms with Crippen molar-refractivity contribution in [3.05, 3.63) is 101 Å². The number of hydrogen-bond acceptors (Lipinski definition) is 4. The second-order valence-corrected chi connectivity index (χ2v) is 9.46. The van der Waals surface area contributed by atoms with E-state index in [0.717, 1.165) is 28.9 Å². The molecule has 0 saturated heterocycles. The van der Waals surface area contributed by atoms with Gasteiger partial charge in [-0.3, -0.25) is 9.59 Å². The lowest BCUT2D eigenvalue weighted by molar-refractivity contribution is -0.137. The number of fused-ring (bicyclic) bond motifs is 1. The van der Waals surface area contributed by atoms with Crippen LogP contribution in [0, 0.1) is 0 Å². The summed E-state index contributed by atoms with van der Waals surface area (Å²) in [6.45, 7) is 3.95. The monoisotopic (exact) mass is 481 g/mol. The van der Waals surface area contributed by atoms with Gasteiger partial charge < -0.3 is 10.4 Å². The van der Waals surface area contributed by atoms with Crippen molar-refractivity contribution in [1.29, 1.82) is 0 Å². The number of aryl methyl sites for hydroxylation is 1. The van der Waals surface area contributed by atoms with Crippen LogP contribution in [0.4, 0.5) is 0 Å². The van der Waals surface area contributed by atoms with Gasteiger partial charge in [-0.15, -0.1) is 0 Å². The maximum Gasteiger partial charge on any atom is 0.303 e. The molecule has 1 aliphatic rings. The average molecular weight is 482 g/mol. The molecule has 1 aromatic heterocycles. The van der Waals surface area contributed by atoms with Gasteiger partial charge >= 0.3 is 5.97 Å². The second kappa shape index (κ2) is 11.1. The van der Waals surface area contributed by atoms with Gasteiger partial charge in [-0.2, -0.15) is 0 Å². The van der Waals surface area contributed by atoms with Gasteiger partial charge in [-0.05, 0) is 63.3 Å². The Morgan fingerprint density at radius 1 is 1.00 bits per heavy atom. The summed E-state index contributed by atoms with van der Waals surface area (Å²) < 4.78 is 0. The predicted molar refractivity (Wildman–Crippen MR) is 143 cm³/mol. The van der Waals surface area contributed by atoms with Crippen molar-refractivity contribution in [3.8, 4) is 0 Å². The minimum atomic E-state index is -0.798. The number of unbranched alkanes of at least 4 members (excludes halogenated alkanes) is 1. The molecule has 1 aliphatic carbocycles. The summed E-state index contributed by atoms with van der Waals surface area (Å²) >= 11 is 0. The number of aliphatic carboxylic acids is 1. The average Bonchev–Trinajstić information content (AvgIpc) is 3.15. The Kier molecular flexibility index (Phi) is 7.74. The first kappa shape index (κ1) is 25.0. The van der Waals surface area contributed by atoms with Crippen LogP contribution in [-0.4, -0.2) is 27.0 Å². The summed E-state index contributed by atoms with van der Waals surface area (Å²) in [5, 5.41) is 12.1. The summed E-state index contributed by atoms with van der Waals surface area (Å²) in [6, 6.07) is 15.3. The highest BCUT2D eigenvalue weighted by Crippen LogP contribution is 2.25. The minimum absolute atomic E-state index is 0.128. The number of aromatic nitrogens is 2. The smallest absolute Gasteiger partial charge is 0.303 e. The Bertz CT molecular complexity index is 1350. The molecular weight excluding hydrogens is 450 g/mol. The molecule has 0 fully saturated rings. The number of benzene rings is 2. The van der Waals surface area contributed by atoms with E-state index >= 15 is 0 Å². The highest BCUT2D eigenvalue weighted by Gasteiger charge is 2.23. The number of carbonyl (C=O) groups excluding carboxylic acids is 1. The standard InChI is InChI=1S/C30H31N3O3/c1-30(2,23-14-8-5-9-15-23)33-29(36)22-18-19-24-26(20-22)31-25(16-10-11-17-27(34)35)28(32-24)21-12-6-3-4-7-13-21/h3,5-9,12-15,18-20H,4,10-11,16-17H2,1-2H3,(H,33,36)(H,34,35). The first-order valence-corrected chi connectivity index (χ1v) is 12.3. The second-order valence-electron chi connectivity index (χ2n) is 9.46. The molecule has 1 heterocycles. The van der Waals surface area contributed by atoms with Crippen molar-refractivity contribution in [2.45, 2.75) is 51.5 Å². The van der Waals surface area contributed by atoms with Crippen LogP contribution < -0.4 is 5.32 Å². The lowest BCUT2D eigenvalue weighted by atomic mass is 9.94. The lowest BCUT2D eigenvalue weighted by Crippen LogP contribution is -2.40. The Labute approximate surface area is 211 Å².